The van der Waals surface area contributed by atoms with Crippen molar-refractivity contribution >= 4 is 5.69 Å². The molecule has 0 bridgehead atoms. The second kappa shape index (κ2) is 5.13. The van der Waals surface area contributed by atoms with Crippen LogP contribution in [0.25, 0.3) is 0 Å². The highest BCUT2D eigenvalue weighted by Crippen LogP contribution is 2.25. The van der Waals surface area contributed by atoms with Crippen molar-refractivity contribution in [1.29, 1.82) is 0 Å². The molecule has 0 spiro atoms. The number of nitrogen functional groups attached to an aromatic ring is 1. The molecule has 3 rings (SSSR count). The van der Waals surface area contributed by atoms with Gasteiger partial charge in [-0.05, 0) is 41.3 Å². The van der Waals surface area contributed by atoms with Crippen LogP contribution in [0.3, 0.4) is 0 Å². The standard InChI is InChI=1S/C16H17FN2O/c17-13-6-11(7-14(20)8-13)9-19-5-4-15-12(10-19)2-1-3-16(15)18/h1-3,6-8,20H,4-5,9-10,18H2. The molecule has 3 nitrogen and oxygen atoms in total. The van der Waals surface area contributed by atoms with Crippen LogP contribution < -0.4 is 5.73 Å². The minimum atomic E-state index is -0.401. The Balaban J connectivity index is 1.77. The molecule has 0 aliphatic carbocycles. The number of hydrogen-bond acceptors (Lipinski definition) is 3. The van der Waals surface area contributed by atoms with Crippen molar-refractivity contribution in [1.82, 2.24) is 4.90 Å². The summed E-state index contributed by atoms with van der Waals surface area (Å²) in [5.41, 5.74) is 10.1. The van der Waals surface area contributed by atoms with Crippen LogP contribution in [0.5, 0.6) is 5.75 Å². The van der Waals surface area contributed by atoms with E-state index in [0.29, 0.717) is 6.54 Å². The number of anilines is 1. The van der Waals surface area contributed by atoms with E-state index in [4.69, 9.17) is 5.73 Å². The third-order valence-electron chi connectivity index (χ3n) is 3.73. The van der Waals surface area contributed by atoms with E-state index >= 15 is 0 Å². The fourth-order valence-electron chi connectivity index (χ4n) is 2.82. The largest absolute Gasteiger partial charge is 0.508 e. The van der Waals surface area contributed by atoms with Gasteiger partial charge in [-0.2, -0.15) is 0 Å². The highest BCUT2D eigenvalue weighted by atomic mass is 19.1. The number of hydrogen-bond donors (Lipinski definition) is 2. The molecule has 1 aliphatic heterocycles. The van der Waals surface area contributed by atoms with Gasteiger partial charge in [0.2, 0.25) is 0 Å². The average Bonchev–Trinajstić information content (AvgIpc) is 2.37. The molecule has 0 fully saturated rings. The fraction of sp³-hybridized carbons (Fsp3) is 0.250. The van der Waals surface area contributed by atoms with Gasteiger partial charge >= 0.3 is 0 Å². The highest BCUT2D eigenvalue weighted by Gasteiger charge is 2.18. The van der Waals surface area contributed by atoms with Crippen LogP contribution in [-0.2, 0) is 19.5 Å². The molecule has 20 heavy (non-hydrogen) atoms. The van der Waals surface area contributed by atoms with Gasteiger partial charge in [-0.15, -0.1) is 0 Å². The van der Waals surface area contributed by atoms with E-state index in [1.807, 2.05) is 12.1 Å². The minimum Gasteiger partial charge on any atom is -0.508 e. The monoisotopic (exact) mass is 272 g/mol. The van der Waals surface area contributed by atoms with Crippen LogP contribution >= 0.6 is 0 Å². The van der Waals surface area contributed by atoms with E-state index in [-0.39, 0.29) is 5.75 Å². The first-order valence-corrected chi connectivity index (χ1v) is 6.69. The van der Waals surface area contributed by atoms with Gasteiger partial charge in [-0.3, -0.25) is 4.90 Å². The average molecular weight is 272 g/mol. The van der Waals surface area contributed by atoms with Crippen LogP contribution in [0.1, 0.15) is 16.7 Å². The molecule has 0 aromatic heterocycles. The Hall–Kier alpha value is -2.07. The maximum Gasteiger partial charge on any atom is 0.127 e. The smallest absolute Gasteiger partial charge is 0.127 e. The number of rotatable bonds is 2. The van der Waals surface area contributed by atoms with Crippen LogP contribution in [0.4, 0.5) is 10.1 Å². The molecule has 2 aromatic rings. The normalized spacial score (nSPS) is 15.1. The molecular formula is C16H17FN2O. The Labute approximate surface area is 117 Å². The molecule has 1 heterocycles. The molecule has 0 unspecified atom stereocenters. The van der Waals surface area contributed by atoms with Crippen molar-refractivity contribution in [2.45, 2.75) is 19.5 Å². The topological polar surface area (TPSA) is 49.5 Å². The van der Waals surface area contributed by atoms with E-state index in [1.165, 1.54) is 17.2 Å². The van der Waals surface area contributed by atoms with Crippen molar-refractivity contribution < 1.29 is 9.50 Å². The van der Waals surface area contributed by atoms with Crippen LogP contribution in [0, 0.1) is 5.82 Å². The number of benzene rings is 2. The number of phenols is 1. The number of nitrogens with two attached hydrogens (primary N) is 1. The summed E-state index contributed by atoms with van der Waals surface area (Å²) in [7, 11) is 0. The van der Waals surface area contributed by atoms with Crippen molar-refractivity contribution in [3.8, 4) is 5.75 Å². The Kier molecular flexibility index (Phi) is 3.32. The number of nitrogens with zero attached hydrogens (tertiary/aromatic N) is 1. The zero-order valence-corrected chi connectivity index (χ0v) is 11.1. The quantitative estimate of drug-likeness (QED) is 0.826. The van der Waals surface area contributed by atoms with Gasteiger partial charge in [0.15, 0.2) is 0 Å². The third kappa shape index (κ3) is 2.60. The van der Waals surface area contributed by atoms with Crippen molar-refractivity contribution in [2.24, 2.45) is 0 Å². The molecule has 2 aromatic carbocycles. The fourth-order valence-corrected chi connectivity index (χ4v) is 2.82. The maximum atomic E-state index is 13.3. The molecule has 104 valence electrons. The minimum absolute atomic E-state index is 0.0262. The molecule has 1 aliphatic rings. The summed E-state index contributed by atoms with van der Waals surface area (Å²) in [4.78, 5) is 2.23. The van der Waals surface area contributed by atoms with E-state index in [0.717, 1.165) is 36.8 Å². The van der Waals surface area contributed by atoms with Gasteiger partial charge < -0.3 is 10.8 Å². The zero-order valence-electron chi connectivity index (χ0n) is 11.1. The summed E-state index contributed by atoms with van der Waals surface area (Å²) in [5.74, 6) is -0.427. The van der Waals surface area contributed by atoms with Crippen molar-refractivity contribution in [3.05, 3.63) is 58.9 Å². The highest BCUT2D eigenvalue weighted by molar-refractivity contribution is 5.51. The second-order valence-corrected chi connectivity index (χ2v) is 5.26. The SMILES string of the molecule is Nc1cccc2c1CCN(Cc1cc(O)cc(F)c1)C2. The predicted molar refractivity (Wildman–Crippen MR) is 76.7 cm³/mol. The van der Waals surface area contributed by atoms with Gasteiger partial charge in [0.05, 0.1) is 0 Å². The first kappa shape index (κ1) is 12.9. The molecule has 3 N–H and O–H groups in total. The van der Waals surface area contributed by atoms with E-state index < -0.39 is 5.82 Å². The third-order valence-corrected chi connectivity index (χ3v) is 3.73. The van der Waals surface area contributed by atoms with Gasteiger partial charge in [-0.25, -0.2) is 4.39 Å². The Morgan fingerprint density at radius 2 is 2.10 bits per heavy atom. The molecule has 0 amide bonds. The van der Waals surface area contributed by atoms with Crippen LogP contribution in [0.2, 0.25) is 0 Å². The molecule has 4 heteroatoms. The van der Waals surface area contributed by atoms with E-state index in [2.05, 4.69) is 11.0 Å². The van der Waals surface area contributed by atoms with Crippen LogP contribution in [-0.4, -0.2) is 16.6 Å². The lowest BCUT2D eigenvalue weighted by Crippen LogP contribution is -2.30. The van der Waals surface area contributed by atoms with Gasteiger partial charge in [0.25, 0.3) is 0 Å². The molecule has 0 radical (unpaired) electrons. The van der Waals surface area contributed by atoms with Gasteiger partial charge in [-0.1, -0.05) is 12.1 Å². The zero-order chi connectivity index (χ0) is 14.1. The number of phenolic OH excluding ortho intramolecular Hbond substituents is 1. The first-order chi connectivity index (χ1) is 9.61. The summed E-state index contributed by atoms with van der Waals surface area (Å²) >= 11 is 0. The predicted octanol–water partition coefficient (Wildman–Crippen LogP) is 2.67. The van der Waals surface area contributed by atoms with E-state index in [9.17, 15) is 9.50 Å². The Bertz CT molecular complexity index is 622. The number of fused-ring (bicyclic) bond motifs is 1. The lowest BCUT2D eigenvalue weighted by Gasteiger charge is -2.29. The summed E-state index contributed by atoms with van der Waals surface area (Å²) < 4.78 is 13.3. The second-order valence-electron chi connectivity index (χ2n) is 5.26. The molecule has 0 saturated heterocycles. The lowest BCUT2D eigenvalue weighted by atomic mass is 9.97. The van der Waals surface area contributed by atoms with Crippen LogP contribution in [0.15, 0.2) is 36.4 Å². The Morgan fingerprint density at radius 3 is 2.90 bits per heavy atom. The number of aromatic hydroxyl groups is 1. The lowest BCUT2D eigenvalue weighted by molar-refractivity contribution is 0.245. The van der Waals surface area contributed by atoms with Crippen molar-refractivity contribution in [2.75, 3.05) is 12.3 Å². The molecular weight excluding hydrogens is 255 g/mol. The molecule has 0 atom stereocenters. The summed E-state index contributed by atoms with van der Waals surface area (Å²) in [6.45, 7) is 2.32. The summed E-state index contributed by atoms with van der Waals surface area (Å²) in [5, 5.41) is 9.44. The number of halogens is 1. The summed E-state index contributed by atoms with van der Waals surface area (Å²) in [6.07, 6.45) is 0.906. The summed E-state index contributed by atoms with van der Waals surface area (Å²) in [6, 6.07) is 10.2. The first-order valence-electron chi connectivity index (χ1n) is 6.69. The van der Waals surface area contributed by atoms with Crippen molar-refractivity contribution in [3.63, 3.8) is 0 Å². The van der Waals surface area contributed by atoms with Gasteiger partial charge in [0.1, 0.15) is 11.6 Å². The maximum absolute atomic E-state index is 13.3. The van der Waals surface area contributed by atoms with E-state index in [1.54, 1.807) is 6.07 Å². The molecule has 0 saturated carbocycles. The Morgan fingerprint density at radius 1 is 1.25 bits per heavy atom. The van der Waals surface area contributed by atoms with Gasteiger partial charge in [0, 0.05) is 31.4 Å².